The van der Waals surface area contributed by atoms with E-state index in [0.29, 0.717) is 0 Å². The van der Waals surface area contributed by atoms with E-state index < -0.39 is 237 Å². The third kappa shape index (κ3) is 17.2. The maximum atomic E-state index is 16.1. The minimum absolute atomic E-state index is 0.0719. The number of hydrogen-bond acceptors (Lipinski definition) is 25. The Bertz CT molecular complexity index is 4490. The molecule has 7 aliphatic heterocycles. The number of hydrogen-bond donors (Lipinski definition) is 19. The van der Waals surface area contributed by atoms with Crippen molar-refractivity contribution in [1.82, 2.24) is 37.2 Å². The smallest absolute Gasteiger partial charge is 0.330 e. The number of primary amides is 1. The zero-order valence-electron chi connectivity index (χ0n) is 57.7. The van der Waals surface area contributed by atoms with E-state index in [1.54, 1.807) is 27.7 Å². The number of halogens is 3. The number of fused-ring (bicyclic) bond motifs is 15. The molecule has 7 amide bonds. The molecule has 18 atom stereocenters. The largest absolute Gasteiger partial charge is 0.508 e. The third-order valence-corrected chi connectivity index (χ3v) is 20.2. The molecule has 0 aliphatic carbocycles. The average molecular weight is 1600 g/mol. The Balaban J connectivity index is 1.14. The fraction of sp³-hybridized carbons (Fsp3) is 0.389. The second kappa shape index (κ2) is 32.8. The van der Waals surface area contributed by atoms with Crippen LogP contribution in [-0.2, 0) is 59.1 Å². The lowest BCUT2D eigenvalue weighted by molar-refractivity contribution is -0.334. The molecule has 0 radical (unpaired) electrons. The fourth-order valence-electron chi connectivity index (χ4n) is 13.3. The van der Waals surface area contributed by atoms with Crippen LogP contribution in [0, 0.1) is 5.92 Å². The summed E-state index contributed by atoms with van der Waals surface area (Å²) in [5, 5.41) is 133. The van der Waals surface area contributed by atoms with Crippen molar-refractivity contribution in [2.75, 3.05) is 6.61 Å². The van der Waals surface area contributed by atoms with Gasteiger partial charge in [-0.25, -0.2) is 4.79 Å². The number of aromatic hydroxyl groups is 3. The molecule has 33 nitrogen and oxygen atoms in total. The van der Waals surface area contributed by atoms with Crippen LogP contribution in [0.25, 0.3) is 11.1 Å². The highest BCUT2D eigenvalue weighted by Gasteiger charge is 2.52. The van der Waals surface area contributed by atoms with Crippen LogP contribution in [-0.4, -0.2) is 184 Å². The van der Waals surface area contributed by atoms with Crippen LogP contribution in [0.4, 0.5) is 0 Å². The number of carbonyl (C=O) groups is 8. The minimum atomic E-state index is -2.36. The van der Waals surface area contributed by atoms with Gasteiger partial charge in [-0.1, -0.05) is 83.3 Å². The van der Waals surface area contributed by atoms with Crippen LogP contribution in [0.5, 0.6) is 46.0 Å². The Morgan fingerprint density at radius 3 is 1.93 bits per heavy atom. The summed E-state index contributed by atoms with van der Waals surface area (Å²) in [4.78, 5) is 117. The van der Waals surface area contributed by atoms with Gasteiger partial charge in [0.25, 0.3) is 0 Å². The van der Waals surface area contributed by atoms with Crippen molar-refractivity contribution in [3.05, 3.63) is 151 Å². The number of carbonyl (C=O) groups excluding carboxylic acids is 7. The van der Waals surface area contributed by atoms with Gasteiger partial charge in [-0.05, 0) is 121 Å². The predicted octanol–water partition coefficient (Wildman–Crippen LogP) is 2.44. The standard InChI is InChI=1S/C72H78BrCl2N9O24/c1-27(2)15-40(76)64(95)83-55-57(90)31-8-13-44(38(74)17-31)104-46-19-33-20-47(61(46)108-71-62(60(93)59(92)48(26-85)106-71)107-50-24-72(4,63(94)28(3)103-50)78-25-29-5-10-34(73)11-6-29)105-45-14-9-32(18-39(45)75)58(91)56-69(100)82-54(70(101)102)37-21-35(86)22-43(88)51(37)36-16-30(7-12-42(36)87)52(66(97)84-56)81-67(98)53(33)80-65(96)41(23-49(77)89)79-68(55)99/h5-14,16-22,27-28,40-41,48,50,52-60,62-63,71,78,85-88,90-94H,15,23-26,76H2,1-4H3,(H2,77,89)(H,79,99)(H,80,96)(H,81,98)(H,82,100)(H,83,95)(H,84,97)(H,101,102)/t28-,40+,41-,48+,50-,52+,53+,54-,55+,56-,57+,58+,59+,60-,62+,63+,71-,72-/m0/s1. The molecular formula is C72H78BrCl2N9O24. The van der Waals surface area contributed by atoms with E-state index in [1.165, 1.54) is 12.1 Å². The molecule has 2 fully saturated rings. The molecule has 7 heterocycles. The van der Waals surface area contributed by atoms with E-state index in [9.17, 15) is 75.0 Å². The van der Waals surface area contributed by atoms with Gasteiger partial charge in [0, 0.05) is 45.7 Å². The number of carboxylic acid groups (broad SMARTS) is 1. The van der Waals surface area contributed by atoms with Crippen molar-refractivity contribution >= 4 is 86.5 Å². The highest BCUT2D eigenvalue weighted by Crippen LogP contribution is 2.50. The van der Waals surface area contributed by atoms with Gasteiger partial charge < -0.3 is 128 Å². The van der Waals surface area contributed by atoms with Gasteiger partial charge >= 0.3 is 5.97 Å². The number of rotatable bonds is 15. The maximum absolute atomic E-state index is 16.1. The van der Waals surface area contributed by atoms with Gasteiger partial charge in [0.15, 0.2) is 29.9 Å². The number of ether oxygens (including phenoxy) is 6. The van der Waals surface area contributed by atoms with Crippen molar-refractivity contribution in [2.24, 2.45) is 17.4 Å². The zero-order valence-corrected chi connectivity index (χ0v) is 60.8. The van der Waals surface area contributed by atoms with Crippen LogP contribution in [0.3, 0.4) is 0 Å². The summed E-state index contributed by atoms with van der Waals surface area (Å²) in [6.07, 6.45) is -18.7. The van der Waals surface area contributed by atoms with Gasteiger partial charge in [-0.2, -0.15) is 0 Å². The quantitative estimate of drug-likeness (QED) is 0.0702. The Morgan fingerprint density at radius 1 is 0.704 bits per heavy atom. The van der Waals surface area contributed by atoms with Crippen molar-refractivity contribution in [2.45, 2.75) is 163 Å². The number of benzene rings is 6. The van der Waals surface area contributed by atoms with Crippen molar-refractivity contribution < 1.29 is 118 Å². The predicted molar refractivity (Wildman–Crippen MR) is 381 cm³/mol. The van der Waals surface area contributed by atoms with E-state index in [0.717, 1.165) is 76.8 Å². The number of aliphatic carboxylic acids is 1. The first-order chi connectivity index (χ1) is 51.1. The molecule has 0 spiro atoms. The highest BCUT2D eigenvalue weighted by atomic mass is 79.9. The molecule has 11 bridgehead atoms. The molecule has 36 heteroatoms. The maximum Gasteiger partial charge on any atom is 0.330 e. The Morgan fingerprint density at radius 2 is 1.31 bits per heavy atom. The number of aliphatic hydroxyl groups excluding tert-OH is 6. The van der Waals surface area contributed by atoms with E-state index in [1.807, 2.05) is 24.3 Å². The monoisotopic (exact) mass is 1600 g/mol. The number of nitrogens with one attached hydrogen (secondary N) is 7. The number of aliphatic hydroxyl groups is 6. The molecule has 0 aromatic heterocycles. The topological polar surface area (TPSA) is 530 Å². The molecule has 0 unspecified atom stereocenters. The summed E-state index contributed by atoms with van der Waals surface area (Å²) in [6.45, 7) is 6.06. The summed E-state index contributed by atoms with van der Waals surface area (Å²) in [5.41, 5.74) is 8.75. The molecule has 0 saturated carbocycles. The van der Waals surface area contributed by atoms with Gasteiger partial charge in [0.1, 0.15) is 89.5 Å². The molecule has 7 aliphatic rings. The molecule has 108 heavy (non-hydrogen) atoms. The second-order valence-electron chi connectivity index (χ2n) is 27.4. The molecule has 6 aromatic carbocycles. The van der Waals surface area contributed by atoms with Crippen molar-refractivity contribution in [1.29, 1.82) is 0 Å². The third-order valence-electron chi connectivity index (χ3n) is 19.0. The summed E-state index contributed by atoms with van der Waals surface area (Å²) in [7, 11) is 0. The van der Waals surface area contributed by atoms with Crippen LogP contribution >= 0.6 is 39.1 Å². The Labute approximate surface area is 633 Å². The molecule has 6 aromatic rings. The summed E-state index contributed by atoms with van der Waals surface area (Å²) in [5.74, 6) is -16.3. The van der Waals surface area contributed by atoms with Crippen molar-refractivity contribution in [3.63, 3.8) is 0 Å². The number of nitrogens with two attached hydrogens (primary N) is 2. The molecule has 576 valence electrons. The zero-order chi connectivity index (χ0) is 78.2. The molecular weight excluding hydrogens is 1530 g/mol. The normalized spacial score (nSPS) is 28.3. The summed E-state index contributed by atoms with van der Waals surface area (Å²) in [6, 6.07) is 6.27. The first-order valence-electron chi connectivity index (χ1n) is 33.8. The SMILES string of the molecule is CC(C)C[C@@H](N)C(=O)N[C@H]1C(=O)N[C@@H](CC(N)=O)C(=O)N[C@H]2C(=O)N[C@H]3C(=O)N[C@H](C(=O)N[C@H](C(=O)O)c4cc(O)cc(O)c4-c4cc3ccc4O)[C@H](O)c3ccc(c(Cl)c3)Oc3cc2cc(c3O[C@@H]2O[C@H](CO)[C@@H](O)[C@H](O)[C@H]2O[C@H]2C[C@](C)(NCc3ccc(Br)cc3)[C@H](O)[C@H](C)O2)Oc2ccc(cc2Cl)[C@H]1O. The lowest BCUT2D eigenvalue weighted by atomic mass is 9.84. The number of carboxylic acids is 1. The Hall–Kier alpha value is -9.50. The number of amides is 7. The number of phenolic OH excluding ortho intramolecular Hbond substituents is 3. The van der Waals surface area contributed by atoms with E-state index in [-0.39, 0.29) is 52.8 Å². The van der Waals surface area contributed by atoms with Gasteiger partial charge in [0.05, 0.1) is 41.3 Å². The first-order valence-corrected chi connectivity index (χ1v) is 35.4. The lowest BCUT2D eigenvalue weighted by Gasteiger charge is -2.48. The van der Waals surface area contributed by atoms with E-state index in [2.05, 4.69) is 53.1 Å². The molecule has 2 saturated heterocycles. The van der Waals surface area contributed by atoms with E-state index >= 15 is 14.4 Å². The van der Waals surface area contributed by atoms with Gasteiger partial charge in [0.2, 0.25) is 53.4 Å². The van der Waals surface area contributed by atoms with Crippen LogP contribution in [0.15, 0.2) is 108 Å². The van der Waals surface area contributed by atoms with E-state index in [4.69, 9.17) is 63.1 Å². The highest BCUT2D eigenvalue weighted by molar-refractivity contribution is 9.10. The average Bonchev–Trinajstić information content (AvgIpc) is 0.768. The second-order valence-corrected chi connectivity index (χ2v) is 29.1. The molecule has 13 rings (SSSR count). The van der Waals surface area contributed by atoms with Gasteiger partial charge in [-0.15, -0.1) is 0 Å². The van der Waals surface area contributed by atoms with Crippen molar-refractivity contribution in [3.8, 4) is 57.1 Å². The molecule has 21 N–H and O–H groups in total. The van der Waals surface area contributed by atoms with Crippen LogP contribution in [0.1, 0.15) is 111 Å². The minimum Gasteiger partial charge on any atom is -0.508 e. The summed E-state index contributed by atoms with van der Waals surface area (Å²) < 4.78 is 40.0. The van der Waals surface area contributed by atoms with Crippen LogP contribution < -0.4 is 62.9 Å². The Kier molecular flexibility index (Phi) is 24.1. The summed E-state index contributed by atoms with van der Waals surface area (Å²) >= 11 is 17.6. The first kappa shape index (κ1) is 79.5. The lowest BCUT2D eigenvalue weighted by Crippen LogP contribution is -2.65. The van der Waals surface area contributed by atoms with Crippen LogP contribution in [0.2, 0.25) is 10.0 Å². The van der Waals surface area contributed by atoms with Gasteiger partial charge in [-0.3, -0.25) is 33.6 Å². The number of phenols is 3. The fourth-order valence-corrected chi connectivity index (χ4v) is 14.1.